The lowest BCUT2D eigenvalue weighted by Gasteiger charge is -2.31. The van der Waals surface area contributed by atoms with Crippen LogP contribution >= 0.6 is 11.6 Å². The Balaban J connectivity index is 2.05. The van der Waals surface area contributed by atoms with Gasteiger partial charge in [-0.1, -0.05) is 11.6 Å². The van der Waals surface area contributed by atoms with Gasteiger partial charge in [0.15, 0.2) is 0 Å². The van der Waals surface area contributed by atoms with Crippen LogP contribution in [0, 0.1) is 0 Å². The molecule has 0 saturated carbocycles. The average Bonchev–Trinajstić information content (AvgIpc) is 3.20. The Morgan fingerprint density at radius 1 is 1.23 bits per heavy atom. The van der Waals surface area contributed by atoms with Gasteiger partial charge < -0.3 is 19.1 Å². The summed E-state index contributed by atoms with van der Waals surface area (Å²) >= 11 is 6.35. The number of carbonyl (C=O) groups is 2. The second-order valence-corrected chi connectivity index (χ2v) is 5.60. The lowest BCUT2D eigenvalue weighted by Crippen LogP contribution is -2.38. The number of rotatable bonds is 4. The molecule has 0 radical (unpaired) electrons. The highest BCUT2D eigenvalue weighted by Crippen LogP contribution is 2.31. The zero-order valence-corrected chi connectivity index (χ0v) is 14.8. The van der Waals surface area contributed by atoms with Crippen molar-refractivity contribution in [3.63, 3.8) is 0 Å². The first-order chi connectivity index (χ1) is 12.6. The average molecular weight is 379 g/mol. The molecule has 0 N–H and O–H groups in total. The van der Waals surface area contributed by atoms with Crippen molar-refractivity contribution in [1.82, 2.24) is 14.8 Å². The highest BCUT2D eigenvalue weighted by molar-refractivity contribution is 6.32. The quantitative estimate of drug-likeness (QED) is 0.735. The third-order valence-electron chi connectivity index (χ3n) is 3.74. The molecule has 0 atom stereocenters. The molecule has 3 rings (SSSR count). The van der Waals surface area contributed by atoms with Crippen LogP contribution in [0.4, 0.5) is 5.69 Å². The minimum atomic E-state index is -0.676. The van der Waals surface area contributed by atoms with Crippen molar-refractivity contribution in [1.29, 1.82) is 0 Å². The molecule has 136 valence electrons. The van der Waals surface area contributed by atoms with Gasteiger partial charge in [-0.3, -0.25) is 0 Å². The van der Waals surface area contributed by atoms with Gasteiger partial charge >= 0.3 is 11.9 Å². The van der Waals surface area contributed by atoms with E-state index in [1.165, 1.54) is 36.5 Å². The van der Waals surface area contributed by atoms with Crippen molar-refractivity contribution >= 4 is 29.2 Å². The van der Waals surface area contributed by atoms with Crippen LogP contribution in [0.2, 0.25) is 5.02 Å². The molecule has 1 aliphatic rings. The van der Waals surface area contributed by atoms with Crippen molar-refractivity contribution in [3.8, 4) is 5.69 Å². The zero-order valence-electron chi connectivity index (χ0n) is 14.0. The highest BCUT2D eigenvalue weighted by atomic mass is 35.5. The summed E-state index contributed by atoms with van der Waals surface area (Å²) in [5.41, 5.74) is 1.28. The molecule has 2 aromatic rings. The van der Waals surface area contributed by atoms with Gasteiger partial charge in [0.25, 0.3) is 0 Å². The van der Waals surface area contributed by atoms with Gasteiger partial charge in [-0.15, -0.1) is 0 Å². The SMILES string of the molecule is COC(=O)C1=C(C(=O)OC)N(c2ccc(-n3cncn3)c(Cl)c2)COC1. The van der Waals surface area contributed by atoms with Crippen molar-refractivity contribution in [3.05, 3.63) is 47.1 Å². The monoisotopic (exact) mass is 378 g/mol. The van der Waals surface area contributed by atoms with Gasteiger partial charge in [-0.25, -0.2) is 19.3 Å². The maximum Gasteiger partial charge on any atom is 0.355 e. The molecule has 0 spiro atoms. The molecule has 1 aliphatic heterocycles. The lowest BCUT2D eigenvalue weighted by molar-refractivity contribution is -0.140. The fourth-order valence-corrected chi connectivity index (χ4v) is 2.79. The molecule has 0 saturated heterocycles. The number of hydrogen-bond donors (Lipinski definition) is 0. The van der Waals surface area contributed by atoms with Crippen molar-refractivity contribution in [2.24, 2.45) is 0 Å². The fourth-order valence-electron chi connectivity index (χ4n) is 2.53. The standard InChI is InChI=1S/C16H15ClN4O5/c1-24-15(22)11-6-26-9-20(14(11)16(23)25-2)10-3-4-13(12(17)5-10)21-8-18-7-19-21/h3-5,7-8H,6,9H2,1-2H3. The normalized spacial score (nSPS) is 14.3. The number of methoxy groups -OCH3 is 2. The van der Waals surface area contributed by atoms with Crippen molar-refractivity contribution < 1.29 is 23.8 Å². The molecule has 26 heavy (non-hydrogen) atoms. The first-order valence-corrected chi connectivity index (χ1v) is 7.84. The molecule has 0 bridgehead atoms. The Hall–Kier alpha value is -2.91. The molecule has 0 amide bonds. The maximum atomic E-state index is 12.3. The van der Waals surface area contributed by atoms with Gasteiger partial charge in [0.1, 0.15) is 25.1 Å². The first kappa shape index (κ1) is 17.9. The van der Waals surface area contributed by atoms with E-state index in [1.807, 2.05) is 0 Å². The minimum absolute atomic E-state index is 0.0456. The first-order valence-electron chi connectivity index (χ1n) is 7.46. The molecular formula is C16H15ClN4O5. The maximum absolute atomic E-state index is 12.3. The van der Waals surface area contributed by atoms with Crippen molar-refractivity contribution in [2.75, 3.05) is 32.5 Å². The number of anilines is 1. The lowest BCUT2D eigenvalue weighted by atomic mass is 10.1. The van der Waals surface area contributed by atoms with E-state index in [2.05, 4.69) is 10.1 Å². The number of nitrogens with zero attached hydrogens (tertiary/aromatic N) is 4. The highest BCUT2D eigenvalue weighted by Gasteiger charge is 2.32. The topological polar surface area (TPSA) is 95.8 Å². The van der Waals surface area contributed by atoms with E-state index in [-0.39, 0.29) is 24.6 Å². The van der Waals surface area contributed by atoms with Gasteiger partial charge in [-0.05, 0) is 18.2 Å². The van der Waals surface area contributed by atoms with Crippen LogP contribution in [-0.4, -0.2) is 54.3 Å². The van der Waals surface area contributed by atoms with Crippen LogP contribution in [0.5, 0.6) is 0 Å². The summed E-state index contributed by atoms with van der Waals surface area (Å²) in [5, 5.41) is 4.41. The Morgan fingerprint density at radius 2 is 2.00 bits per heavy atom. The predicted octanol–water partition coefficient (Wildman–Crippen LogP) is 1.31. The van der Waals surface area contributed by atoms with Crippen LogP contribution in [0.15, 0.2) is 42.1 Å². The summed E-state index contributed by atoms with van der Waals surface area (Å²) in [5.74, 6) is -1.34. The predicted molar refractivity (Wildman–Crippen MR) is 90.7 cm³/mol. The van der Waals surface area contributed by atoms with E-state index in [1.54, 1.807) is 18.2 Å². The third kappa shape index (κ3) is 3.26. The molecular weight excluding hydrogens is 364 g/mol. The minimum Gasteiger partial charge on any atom is -0.466 e. The molecule has 10 heteroatoms. The van der Waals surface area contributed by atoms with Gasteiger partial charge in [-0.2, -0.15) is 5.10 Å². The largest absolute Gasteiger partial charge is 0.466 e. The van der Waals surface area contributed by atoms with E-state index in [9.17, 15) is 9.59 Å². The molecule has 2 heterocycles. The van der Waals surface area contributed by atoms with E-state index in [4.69, 9.17) is 25.8 Å². The van der Waals surface area contributed by atoms with Crippen molar-refractivity contribution in [2.45, 2.75) is 0 Å². The Labute approximate surface area is 153 Å². The van der Waals surface area contributed by atoms with Crippen LogP contribution in [0.25, 0.3) is 5.69 Å². The molecule has 0 aliphatic carbocycles. The van der Waals surface area contributed by atoms with Crippen LogP contribution in [0.3, 0.4) is 0 Å². The van der Waals surface area contributed by atoms with Gasteiger partial charge in [0, 0.05) is 5.69 Å². The molecule has 0 fully saturated rings. The summed E-state index contributed by atoms with van der Waals surface area (Å²) < 4.78 is 16.5. The van der Waals surface area contributed by atoms with E-state index < -0.39 is 11.9 Å². The summed E-state index contributed by atoms with van der Waals surface area (Å²) in [6.07, 6.45) is 2.91. The number of esters is 2. The number of ether oxygens (including phenoxy) is 3. The third-order valence-corrected chi connectivity index (χ3v) is 4.04. The second-order valence-electron chi connectivity index (χ2n) is 5.19. The number of halogens is 1. The van der Waals surface area contributed by atoms with Crippen LogP contribution in [0.1, 0.15) is 0 Å². The molecule has 1 aromatic carbocycles. The molecule has 0 unspecified atom stereocenters. The van der Waals surface area contributed by atoms with Gasteiger partial charge in [0.05, 0.1) is 37.1 Å². The second kappa shape index (κ2) is 7.54. The number of benzene rings is 1. The Bertz CT molecular complexity index is 866. The Morgan fingerprint density at radius 3 is 2.62 bits per heavy atom. The summed E-state index contributed by atoms with van der Waals surface area (Å²) in [6, 6.07) is 5.06. The van der Waals surface area contributed by atoms with Crippen LogP contribution in [-0.2, 0) is 23.8 Å². The van der Waals surface area contributed by atoms with E-state index in [0.29, 0.717) is 16.4 Å². The zero-order chi connectivity index (χ0) is 18.7. The Kier molecular flexibility index (Phi) is 5.19. The summed E-state index contributed by atoms with van der Waals surface area (Å²) in [4.78, 5) is 29.7. The van der Waals surface area contributed by atoms with E-state index >= 15 is 0 Å². The van der Waals surface area contributed by atoms with E-state index in [0.717, 1.165) is 0 Å². The summed E-state index contributed by atoms with van der Waals surface area (Å²) in [6.45, 7) is -0.0116. The molecule has 9 nitrogen and oxygen atoms in total. The van der Waals surface area contributed by atoms with Gasteiger partial charge in [0.2, 0.25) is 0 Å². The number of aromatic nitrogens is 3. The molecule has 1 aromatic heterocycles. The fraction of sp³-hybridized carbons (Fsp3) is 0.250. The number of hydrogen-bond acceptors (Lipinski definition) is 8. The summed E-state index contributed by atoms with van der Waals surface area (Å²) in [7, 11) is 2.46. The smallest absolute Gasteiger partial charge is 0.355 e. The number of carbonyl (C=O) groups excluding carboxylic acids is 2. The van der Waals surface area contributed by atoms with Crippen LogP contribution < -0.4 is 4.90 Å².